The zero-order chi connectivity index (χ0) is 16.4. The Morgan fingerprint density at radius 1 is 1.05 bits per heavy atom. The van der Waals surface area contributed by atoms with E-state index in [2.05, 4.69) is 44.9 Å². The number of unbranched alkanes of at least 4 members (excludes halogenated alkanes) is 2. The Labute approximate surface area is 141 Å². The molecule has 0 amide bonds. The summed E-state index contributed by atoms with van der Waals surface area (Å²) >= 11 is -2.36. The first-order valence-electron chi connectivity index (χ1n) is 9.07. The second-order valence-corrected chi connectivity index (χ2v) is 20.3. The van der Waals surface area contributed by atoms with Crippen molar-refractivity contribution in [2.45, 2.75) is 73.1 Å². The van der Waals surface area contributed by atoms with Crippen molar-refractivity contribution in [3.8, 4) is 5.75 Å². The fourth-order valence-electron chi connectivity index (χ4n) is 3.22. The van der Waals surface area contributed by atoms with Crippen molar-refractivity contribution in [1.82, 2.24) is 4.98 Å². The molecular formula is C19H35NOSn. The van der Waals surface area contributed by atoms with Crippen LogP contribution in [0, 0.1) is 5.92 Å². The van der Waals surface area contributed by atoms with Crippen molar-refractivity contribution in [2.75, 3.05) is 7.11 Å². The van der Waals surface area contributed by atoms with Gasteiger partial charge in [-0.1, -0.05) is 0 Å². The molecule has 0 aliphatic rings. The van der Waals surface area contributed by atoms with Crippen LogP contribution in [0.2, 0.25) is 13.3 Å². The van der Waals surface area contributed by atoms with Crippen LogP contribution in [0.25, 0.3) is 0 Å². The van der Waals surface area contributed by atoms with Crippen molar-refractivity contribution in [2.24, 2.45) is 5.92 Å². The first-order chi connectivity index (χ1) is 10.6. The third-order valence-electron chi connectivity index (χ3n) is 4.78. The van der Waals surface area contributed by atoms with Crippen molar-refractivity contribution < 1.29 is 4.74 Å². The average Bonchev–Trinajstić information content (AvgIpc) is 2.54. The van der Waals surface area contributed by atoms with Gasteiger partial charge in [0.1, 0.15) is 0 Å². The molecule has 1 heterocycles. The maximum absolute atomic E-state index is 5.46. The van der Waals surface area contributed by atoms with E-state index in [-0.39, 0.29) is 0 Å². The van der Waals surface area contributed by atoms with Gasteiger partial charge in [-0.25, -0.2) is 0 Å². The van der Waals surface area contributed by atoms with Gasteiger partial charge in [-0.15, -0.1) is 0 Å². The summed E-state index contributed by atoms with van der Waals surface area (Å²) in [6.45, 7) is 9.37. The van der Waals surface area contributed by atoms with E-state index in [0.29, 0.717) is 0 Å². The summed E-state index contributed by atoms with van der Waals surface area (Å²) in [6, 6.07) is 2.31. The number of hydrogen-bond donors (Lipinski definition) is 0. The summed E-state index contributed by atoms with van der Waals surface area (Å²) in [5, 5.41) is 0. The maximum atomic E-state index is 5.46. The summed E-state index contributed by atoms with van der Waals surface area (Å²) in [5.74, 6) is 1.74. The van der Waals surface area contributed by atoms with E-state index in [1.807, 2.05) is 6.20 Å². The Hall–Kier alpha value is -0.251. The summed E-state index contributed by atoms with van der Waals surface area (Å²) in [5.41, 5.74) is 0. The Balaban J connectivity index is 3.11. The van der Waals surface area contributed by atoms with Gasteiger partial charge in [0.25, 0.3) is 0 Å². The molecule has 0 fully saturated rings. The number of methoxy groups -OCH3 is 1. The molecule has 1 rings (SSSR count). The molecule has 2 nitrogen and oxygen atoms in total. The number of nitrogens with zero attached hydrogens (tertiary/aromatic N) is 1. The zero-order valence-corrected chi connectivity index (χ0v) is 18.2. The first-order valence-corrected chi connectivity index (χ1v) is 16.6. The Morgan fingerprint density at radius 2 is 1.68 bits per heavy atom. The first kappa shape index (κ1) is 19.8. The molecule has 0 bridgehead atoms. The SMILES string of the molecule is CCC[CH2][Sn]([CH2]CCC)([CH2]CC(C)C)[c]1cncc(OC)c1. The number of aromatic nitrogens is 1. The predicted molar refractivity (Wildman–Crippen MR) is 99.9 cm³/mol. The molecule has 0 aromatic carbocycles. The topological polar surface area (TPSA) is 22.1 Å². The van der Waals surface area contributed by atoms with Crippen molar-refractivity contribution >= 4 is 22.0 Å². The molecule has 126 valence electrons. The van der Waals surface area contributed by atoms with Crippen LogP contribution < -0.4 is 8.32 Å². The molecule has 0 saturated heterocycles. The van der Waals surface area contributed by atoms with Crippen molar-refractivity contribution in [3.63, 3.8) is 0 Å². The van der Waals surface area contributed by atoms with Crippen LogP contribution in [0.15, 0.2) is 18.5 Å². The Bertz CT molecular complexity index is 412. The average molecular weight is 412 g/mol. The van der Waals surface area contributed by atoms with Gasteiger partial charge in [-0.2, -0.15) is 0 Å². The van der Waals surface area contributed by atoms with Gasteiger partial charge in [-0.3, -0.25) is 0 Å². The summed E-state index contributed by atoms with van der Waals surface area (Å²) in [7, 11) is 1.75. The van der Waals surface area contributed by atoms with Gasteiger partial charge in [0.2, 0.25) is 0 Å². The molecule has 22 heavy (non-hydrogen) atoms. The van der Waals surface area contributed by atoms with Gasteiger partial charge in [0.05, 0.1) is 0 Å². The molecule has 1 aromatic heterocycles. The molecule has 0 saturated carbocycles. The van der Waals surface area contributed by atoms with Crippen LogP contribution in [0.3, 0.4) is 0 Å². The number of hydrogen-bond acceptors (Lipinski definition) is 2. The Kier molecular flexibility index (Phi) is 9.46. The minimum absolute atomic E-state index is 0.804. The van der Waals surface area contributed by atoms with Crippen LogP contribution in [0.1, 0.15) is 59.8 Å². The predicted octanol–water partition coefficient (Wildman–Crippen LogP) is 5.39. The van der Waals surface area contributed by atoms with E-state index in [9.17, 15) is 0 Å². The van der Waals surface area contributed by atoms with Crippen LogP contribution in [0.5, 0.6) is 5.75 Å². The fourth-order valence-corrected chi connectivity index (χ4v) is 19.2. The van der Waals surface area contributed by atoms with Gasteiger partial charge < -0.3 is 0 Å². The zero-order valence-electron chi connectivity index (χ0n) is 15.3. The molecule has 0 spiro atoms. The third kappa shape index (κ3) is 6.09. The van der Waals surface area contributed by atoms with Gasteiger partial charge in [0.15, 0.2) is 0 Å². The van der Waals surface area contributed by atoms with Crippen LogP contribution >= 0.6 is 0 Å². The van der Waals surface area contributed by atoms with E-state index in [1.54, 1.807) is 10.7 Å². The Morgan fingerprint density at radius 3 is 2.18 bits per heavy atom. The number of ether oxygens (including phenoxy) is 1. The van der Waals surface area contributed by atoms with E-state index in [0.717, 1.165) is 11.7 Å². The monoisotopic (exact) mass is 413 g/mol. The molecule has 0 aliphatic heterocycles. The molecule has 0 unspecified atom stereocenters. The van der Waals surface area contributed by atoms with Gasteiger partial charge >= 0.3 is 142 Å². The molecule has 0 atom stereocenters. The molecular weight excluding hydrogens is 377 g/mol. The van der Waals surface area contributed by atoms with E-state index in [1.165, 1.54) is 45.4 Å². The van der Waals surface area contributed by atoms with Crippen LogP contribution in [-0.2, 0) is 0 Å². The normalized spacial score (nSPS) is 11.9. The van der Waals surface area contributed by atoms with E-state index < -0.39 is 18.4 Å². The molecule has 3 heteroatoms. The second kappa shape index (κ2) is 10.5. The number of pyridine rings is 1. The molecule has 0 aliphatic carbocycles. The fraction of sp³-hybridized carbons (Fsp3) is 0.737. The van der Waals surface area contributed by atoms with E-state index in [4.69, 9.17) is 4.74 Å². The quantitative estimate of drug-likeness (QED) is 0.455. The summed E-state index contributed by atoms with van der Waals surface area (Å²) in [6.07, 6.45) is 10.8. The molecule has 0 radical (unpaired) electrons. The standard InChI is InChI=1S/C6H6NO.C5H11.2C4H9.Sn/c1-8-6-3-2-4-7-5-6;1-4-5(2)3;2*1-3-4-2;/h3-5H,1H3;5H,1,4H2,2-3H3;2*1,3-4H2,2H3;. The van der Waals surface area contributed by atoms with Gasteiger partial charge in [0, 0.05) is 0 Å². The van der Waals surface area contributed by atoms with Crippen LogP contribution in [0.4, 0.5) is 0 Å². The summed E-state index contributed by atoms with van der Waals surface area (Å²) in [4.78, 5) is 4.49. The number of rotatable bonds is 11. The van der Waals surface area contributed by atoms with Crippen LogP contribution in [-0.4, -0.2) is 30.5 Å². The van der Waals surface area contributed by atoms with Gasteiger partial charge in [-0.05, 0) is 0 Å². The van der Waals surface area contributed by atoms with Crippen molar-refractivity contribution in [1.29, 1.82) is 0 Å². The molecule has 1 aromatic rings. The summed E-state index contributed by atoms with van der Waals surface area (Å²) < 4.78 is 11.5. The second-order valence-electron chi connectivity index (χ2n) is 7.03. The third-order valence-corrected chi connectivity index (χ3v) is 20.1. The van der Waals surface area contributed by atoms with Crippen molar-refractivity contribution in [3.05, 3.63) is 18.5 Å². The minimum atomic E-state index is -2.36. The molecule has 0 N–H and O–H groups in total. The van der Waals surface area contributed by atoms with E-state index >= 15 is 0 Å².